The Morgan fingerprint density at radius 2 is 2.00 bits per heavy atom. The Labute approximate surface area is 113 Å². The summed E-state index contributed by atoms with van der Waals surface area (Å²) in [5, 5.41) is 3.76. The molecule has 17 heavy (non-hydrogen) atoms. The molecule has 0 aliphatic carbocycles. The molecule has 1 aromatic rings. The van der Waals surface area contributed by atoms with Crippen LogP contribution in [-0.4, -0.2) is 37.0 Å². The van der Waals surface area contributed by atoms with Crippen LogP contribution in [0.25, 0.3) is 0 Å². The second kappa shape index (κ2) is 6.24. The minimum absolute atomic E-state index is 0. The van der Waals surface area contributed by atoms with E-state index in [9.17, 15) is 4.79 Å². The van der Waals surface area contributed by atoms with E-state index in [2.05, 4.69) is 5.32 Å². The van der Waals surface area contributed by atoms with Gasteiger partial charge in [0, 0.05) is 26.2 Å². The van der Waals surface area contributed by atoms with Crippen molar-refractivity contribution in [2.45, 2.75) is 6.92 Å². The van der Waals surface area contributed by atoms with E-state index in [-0.39, 0.29) is 18.3 Å². The first-order valence-corrected chi connectivity index (χ1v) is 5.82. The Morgan fingerprint density at radius 3 is 2.59 bits per heavy atom. The molecule has 1 fully saturated rings. The van der Waals surface area contributed by atoms with Gasteiger partial charge in [-0.15, -0.1) is 12.4 Å². The monoisotopic (exact) mass is 274 g/mol. The molecule has 0 radical (unpaired) electrons. The molecule has 3 nitrogen and oxygen atoms in total. The van der Waals surface area contributed by atoms with Gasteiger partial charge >= 0.3 is 0 Å². The van der Waals surface area contributed by atoms with Gasteiger partial charge in [0.05, 0.1) is 10.6 Å². The number of benzene rings is 1. The van der Waals surface area contributed by atoms with E-state index in [0.717, 1.165) is 31.7 Å². The standard InChI is InChI=1S/C12H15ClN2O.ClH/c1-9-2-3-10(11(13)8-9)12(16)15-6-4-14-5-7-15;/h2-3,8,14H,4-7H2,1H3;1H. The molecule has 1 amide bonds. The Balaban J connectivity index is 0.00000144. The molecule has 0 aromatic heterocycles. The first-order chi connectivity index (χ1) is 7.68. The summed E-state index contributed by atoms with van der Waals surface area (Å²) in [6.07, 6.45) is 0. The van der Waals surface area contributed by atoms with E-state index in [1.54, 1.807) is 0 Å². The highest BCUT2D eigenvalue weighted by Gasteiger charge is 2.19. The van der Waals surface area contributed by atoms with Gasteiger partial charge in [-0.3, -0.25) is 4.79 Å². The quantitative estimate of drug-likeness (QED) is 0.851. The van der Waals surface area contributed by atoms with Crippen molar-refractivity contribution < 1.29 is 4.79 Å². The van der Waals surface area contributed by atoms with Gasteiger partial charge in [0.25, 0.3) is 5.91 Å². The Bertz CT molecular complexity index is 403. The van der Waals surface area contributed by atoms with Gasteiger partial charge in [-0.25, -0.2) is 0 Å². The summed E-state index contributed by atoms with van der Waals surface area (Å²) in [6.45, 7) is 5.18. The summed E-state index contributed by atoms with van der Waals surface area (Å²) in [7, 11) is 0. The molecule has 0 atom stereocenters. The predicted octanol–water partition coefficient (Wildman–Crippen LogP) is 2.12. The van der Waals surface area contributed by atoms with Crippen LogP contribution in [0.2, 0.25) is 5.02 Å². The molecule has 94 valence electrons. The molecular formula is C12H16Cl2N2O. The van der Waals surface area contributed by atoms with E-state index in [4.69, 9.17) is 11.6 Å². The number of hydrogen-bond acceptors (Lipinski definition) is 2. The summed E-state index contributed by atoms with van der Waals surface area (Å²) >= 11 is 6.08. The summed E-state index contributed by atoms with van der Waals surface area (Å²) in [5.74, 6) is 0.0338. The third kappa shape index (κ3) is 3.35. The molecule has 2 rings (SSSR count). The SMILES string of the molecule is Cc1ccc(C(=O)N2CCNCC2)c(Cl)c1.Cl. The summed E-state index contributed by atoms with van der Waals surface area (Å²) < 4.78 is 0. The molecule has 1 saturated heterocycles. The molecular weight excluding hydrogens is 259 g/mol. The lowest BCUT2D eigenvalue weighted by molar-refractivity contribution is 0.0736. The normalized spacial score (nSPS) is 15.3. The van der Waals surface area contributed by atoms with Crippen LogP contribution in [0, 0.1) is 6.92 Å². The number of nitrogens with zero attached hydrogens (tertiary/aromatic N) is 1. The lowest BCUT2D eigenvalue weighted by Crippen LogP contribution is -2.46. The Kier molecular flexibility index (Phi) is 5.25. The highest BCUT2D eigenvalue weighted by Crippen LogP contribution is 2.19. The van der Waals surface area contributed by atoms with Crippen molar-refractivity contribution in [3.05, 3.63) is 34.3 Å². The van der Waals surface area contributed by atoms with Crippen molar-refractivity contribution in [3.63, 3.8) is 0 Å². The molecule has 1 N–H and O–H groups in total. The van der Waals surface area contributed by atoms with Crippen LogP contribution in [-0.2, 0) is 0 Å². The van der Waals surface area contributed by atoms with Crippen LogP contribution in [0.5, 0.6) is 0 Å². The van der Waals surface area contributed by atoms with Gasteiger partial charge in [0.15, 0.2) is 0 Å². The average Bonchev–Trinajstić information content (AvgIpc) is 2.29. The van der Waals surface area contributed by atoms with Gasteiger partial charge in [0.2, 0.25) is 0 Å². The lowest BCUT2D eigenvalue weighted by Gasteiger charge is -2.27. The zero-order chi connectivity index (χ0) is 11.5. The van der Waals surface area contributed by atoms with Gasteiger partial charge in [0.1, 0.15) is 0 Å². The van der Waals surface area contributed by atoms with Crippen LogP contribution in [0.1, 0.15) is 15.9 Å². The number of aryl methyl sites for hydroxylation is 1. The summed E-state index contributed by atoms with van der Waals surface area (Å²) in [5.41, 5.74) is 1.68. The second-order valence-corrected chi connectivity index (χ2v) is 4.43. The molecule has 1 aliphatic rings. The van der Waals surface area contributed by atoms with E-state index >= 15 is 0 Å². The fraction of sp³-hybridized carbons (Fsp3) is 0.417. The number of rotatable bonds is 1. The zero-order valence-corrected chi connectivity index (χ0v) is 11.3. The molecule has 0 spiro atoms. The van der Waals surface area contributed by atoms with Crippen molar-refractivity contribution in [2.24, 2.45) is 0 Å². The molecule has 5 heteroatoms. The van der Waals surface area contributed by atoms with E-state index < -0.39 is 0 Å². The van der Waals surface area contributed by atoms with E-state index in [1.807, 2.05) is 30.0 Å². The van der Waals surface area contributed by atoms with Gasteiger partial charge in [-0.1, -0.05) is 17.7 Å². The summed E-state index contributed by atoms with van der Waals surface area (Å²) in [4.78, 5) is 14.0. The zero-order valence-electron chi connectivity index (χ0n) is 9.70. The topological polar surface area (TPSA) is 32.3 Å². The van der Waals surface area contributed by atoms with Crippen molar-refractivity contribution in [1.82, 2.24) is 10.2 Å². The largest absolute Gasteiger partial charge is 0.336 e. The minimum Gasteiger partial charge on any atom is -0.336 e. The molecule has 0 unspecified atom stereocenters. The maximum atomic E-state index is 12.1. The van der Waals surface area contributed by atoms with Crippen LogP contribution >= 0.6 is 24.0 Å². The average molecular weight is 275 g/mol. The first-order valence-electron chi connectivity index (χ1n) is 5.44. The first kappa shape index (κ1) is 14.3. The number of halogens is 2. The van der Waals surface area contributed by atoms with Crippen molar-refractivity contribution >= 4 is 29.9 Å². The predicted molar refractivity (Wildman–Crippen MR) is 72.2 cm³/mol. The number of nitrogens with one attached hydrogen (secondary N) is 1. The third-order valence-electron chi connectivity index (χ3n) is 2.76. The third-order valence-corrected chi connectivity index (χ3v) is 3.07. The maximum Gasteiger partial charge on any atom is 0.255 e. The lowest BCUT2D eigenvalue weighted by atomic mass is 10.1. The summed E-state index contributed by atoms with van der Waals surface area (Å²) in [6, 6.07) is 5.56. The number of hydrogen-bond donors (Lipinski definition) is 1. The van der Waals surface area contributed by atoms with Gasteiger partial charge in [-0.05, 0) is 24.6 Å². The Hall–Kier alpha value is -0.770. The molecule has 1 heterocycles. The smallest absolute Gasteiger partial charge is 0.255 e. The minimum atomic E-state index is 0. The molecule has 1 aromatic carbocycles. The molecule has 1 aliphatic heterocycles. The molecule has 0 saturated carbocycles. The highest BCUT2D eigenvalue weighted by atomic mass is 35.5. The van der Waals surface area contributed by atoms with Crippen LogP contribution in [0.4, 0.5) is 0 Å². The van der Waals surface area contributed by atoms with E-state index in [1.165, 1.54) is 0 Å². The van der Waals surface area contributed by atoms with Gasteiger partial charge in [-0.2, -0.15) is 0 Å². The van der Waals surface area contributed by atoms with E-state index in [0.29, 0.717) is 10.6 Å². The van der Waals surface area contributed by atoms with Gasteiger partial charge < -0.3 is 10.2 Å². The van der Waals surface area contributed by atoms with Crippen molar-refractivity contribution in [3.8, 4) is 0 Å². The van der Waals surface area contributed by atoms with Crippen molar-refractivity contribution in [1.29, 1.82) is 0 Å². The fourth-order valence-corrected chi connectivity index (χ4v) is 2.15. The van der Waals surface area contributed by atoms with Crippen LogP contribution in [0.15, 0.2) is 18.2 Å². The second-order valence-electron chi connectivity index (χ2n) is 4.03. The number of piperazine rings is 1. The Morgan fingerprint density at radius 1 is 1.35 bits per heavy atom. The maximum absolute atomic E-state index is 12.1. The van der Waals surface area contributed by atoms with Crippen LogP contribution in [0.3, 0.4) is 0 Å². The number of carbonyl (C=O) groups excluding carboxylic acids is 1. The number of carbonyl (C=O) groups is 1. The van der Waals surface area contributed by atoms with Crippen LogP contribution < -0.4 is 5.32 Å². The highest BCUT2D eigenvalue weighted by molar-refractivity contribution is 6.33. The fourth-order valence-electron chi connectivity index (χ4n) is 1.83. The van der Waals surface area contributed by atoms with Crippen molar-refractivity contribution in [2.75, 3.05) is 26.2 Å². The number of amides is 1. The molecule has 0 bridgehead atoms.